The predicted molar refractivity (Wildman–Crippen MR) is 74.1 cm³/mol. The first-order valence-electron chi connectivity index (χ1n) is 6.16. The SMILES string of the molecule is COc1c(NCCNC(=O)OC(C)(C)C)nc[nH]c1=O. The zero-order chi connectivity index (χ0) is 15.2. The highest BCUT2D eigenvalue weighted by Gasteiger charge is 2.15. The topological polar surface area (TPSA) is 105 Å². The van der Waals surface area contributed by atoms with Gasteiger partial charge in [0.15, 0.2) is 5.82 Å². The van der Waals surface area contributed by atoms with Crippen LogP contribution in [0.25, 0.3) is 0 Å². The van der Waals surface area contributed by atoms with Crippen molar-refractivity contribution in [2.75, 3.05) is 25.5 Å². The number of rotatable bonds is 5. The number of carbonyl (C=O) groups is 1. The summed E-state index contributed by atoms with van der Waals surface area (Å²) in [7, 11) is 1.39. The molecule has 0 fully saturated rings. The van der Waals surface area contributed by atoms with Gasteiger partial charge in [-0.25, -0.2) is 9.78 Å². The highest BCUT2D eigenvalue weighted by molar-refractivity contribution is 5.67. The lowest BCUT2D eigenvalue weighted by Gasteiger charge is -2.19. The average molecular weight is 284 g/mol. The molecule has 0 saturated heterocycles. The van der Waals surface area contributed by atoms with Crippen LogP contribution in [0.1, 0.15) is 20.8 Å². The lowest BCUT2D eigenvalue weighted by Crippen LogP contribution is -2.35. The van der Waals surface area contributed by atoms with E-state index in [1.165, 1.54) is 13.4 Å². The molecular weight excluding hydrogens is 264 g/mol. The van der Waals surface area contributed by atoms with Crippen molar-refractivity contribution in [1.82, 2.24) is 15.3 Å². The van der Waals surface area contributed by atoms with Crippen molar-refractivity contribution in [3.63, 3.8) is 0 Å². The molecule has 0 bridgehead atoms. The van der Waals surface area contributed by atoms with Gasteiger partial charge in [-0.3, -0.25) is 4.79 Å². The fourth-order valence-corrected chi connectivity index (χ4v) is 1.36. The number of aromatic amines is 1. The highest BCUT2D eigenvalue weighted by atomic mass is 16.6. The molecular formula is C12H20N4O4. The molecule has 1 aromatic heterocycles. The van der Waals surface area contributed by atoms with Crippen molar-refractivity contribution < 1.29 is 14.3 Å². The third-order valence-electron chi connectivity index (χ3n) is 2.10. The van der Waals surface area contributed by atoms with Crippen LogP contribution in [0.2, 0.25) is 0 Å². The van der Waals surface area contributed by atoms with E-state index in [0.29, 0.717) is 18.9 Å². The van der Waals surface area contributed by atoms with Crippen molar-refractivity contribution in [3.05, 3.63) is 16.7 Å². The number of carbonyl (C=O) groups excluding carboxylic acids is 1. The maximum atomic E-state index is 11.4. The Morgan fingerprint density at radius 2 is 2.10 bits per heavy atom. The quantitative estimate of drug-likeness (QED) is 0.688. The van der Waals surface area contributed by atoms with E-state index in [1.807, 2.05) is 0 Å². The summed E-state index contributed by atoms with van der Waals surface area (Å²) in [5, 5.41) is 5.48. The van der Waals surface area contributed by atoms with Crippen LogP contribution < -0.4 is 20.9 Å². The maximum absolute atomic E-state index is 11.4. The number of nitrogens with one attached hydrogen (secondary N) is 3. The first kappa shape index (κ1) is 15.8. The normalized spacial score (nSPS) is 10.8. The van der Waals surface area contributed by atoms with Gasteiger partial charge in [0, 0.05) is 13.1 Å². The summed E-state index contributed by atoms with van der Waals surface area (Å²) in [4.78, 5) is 29.2. The van der Waals surface area contributed by atoms with Gasteiger partial charge >= 0.3 is 6.09 Å². The zero-order valence-corrected chi connectivity index (χ0v) is 12.1. The third-order valence-corrected chi connectivity index (χ3v) is 2.10. The molecule has 1 rings (SSSR count). The molecule has 0 unspecified atom stereocenters. The van der Waals surface area contributed by atoms with Gasteiger partial charge in [-0.2, -0.15) is 0 Å². The van der Waals surface area contributed by atoms with Crippen LogP contribution in [0.15, 0.2) is 11.1 Å². The summed E-state index contributed by atoms with van der Waals surface area (Å²) in [6, 6.07) is 0. The zero-order valence-electron chi connectivity index (χ0n) is 12.1. The number of ether oxygens (including phenoxy) is 2. The lowest BCUT2D eigenvalue weighted by molar-refractivity contribution is 0.0530. The van der Waals surface area contributed by atoms with Gasteiger partial charge in [0.1, 0.15) is 5.60 Å². The van der Waals surface area contributed by atoms with Gasteiger partial charge in [0.05, 0.1) is 13.4 Å². The minimum Gasteiger partial charge on any atom is -0.489 e. The van der Waals surface area contributed by atoms with Crippen molar-refractivity contribution in [3.8, 4) is 5.75 Å². The molecule has 8 nitrogen and oxygen atoms in total. The second-order valence-corrected chi connectivity index (χ2v) is 4.97. The number of aromatic nitrogens is 2. The molecule has 20 heavy (non-hydrogen) atoms. The van der Waals surface area contributed by atoms with E-state index in [0.717, 1.165) is 0 Å². The van der Waals surface area contributed by atoms with Crippen molar-refractivity contribution >= 4 is 11.9 Å². The van der Waals surface area contributed by atoms with E-state index in [-0.39, 0.29) is 11.3 Å². The van der Waals surface area contributed by atoms with Crippen LogP contribution >= 0.6 is 0 Å². The van der Waals surface area contributed by atoms with Gasteiger partial charge < -0.3 is 25.1 Å². The Morgan fingerprint density at radius 1 is 1.40 bits per heavy atom. The lowest BCUT2D eigenvalue weighted by atomic mass is 10.2. The summed E-state index contributed by atoms with van der Waals surface area (Å²) < 4.78 is 10.0. The third kappa shape index (κ3) is 5.17. The van der Waals surface area contributed by atoms with Crippen molar-refractivity contribution in [2.45, 2.75) is 26.4 Å². The van der Waals surface area contributed by atoms with E-state index in [1.54, 1.807) is 20.8 Å². The minimum atomic E-state index is -0.533. The molecule has 0 radical (unpaired) electrons. The largest absolute Gasteiger partial charge is 0.489 e. The van der Waals surface area contributed by atoms with Crippen LogP contribution in [0.4, 0.5) is 10.6 Å². The van der Waals surface area contributed by atoms with E-state index >= 15 is 0 Å². The number of hydrogen-bond acceptors (Lipinski definition) is 6. The Kier molecular flexibility index (Phi) is 5.36. The summed E-state index contributed by atoms with van der Waals surface area (Å²) in [5.41, 5.74) is -0.903. The second kappa shape index (κ2) is 6.78. The smallest absolute Gasteiger partial charge is 0.407 e. The molecule has 0 aliphatic rings. The molecule has 0 aliphatic heterocycles. The molecule has 8 heteroatoms. The fraction of sp³-hybridized carbons (Fsp3) is 0.583. The minimum absolute atomic E-state index is 0.102. The Balaban J connectivity index is 2.41. The Labute approximate surface area is 116 Å². The average Bonchev–Trinajstić information content (AvgIpc) is 2.32. The molecule has 1 heterocycles. The summed E-state index contributed by atoms with van der Waals surface area (Å²) in [6.07, 6.45) is 0.777. The first-order chi connectivity index (χ1) is 9.33. The summed E-state index contributed by atoms with van der Waals surface area (Å²) in [6.45, 7) is 6.07. The van der Waals surface area contributed by atoms with E-state index in [4.69, 9.17) is 9.47 Å². The molecule has 112 valence electrons. The maximum Gasteiger partial charge on any atom is 0.407 e. The molecule has 0 spiro atoms. The summed E-state index contributed by atoms with van der Waals surface area (Å²) in [5.74, 6) is 0.423. The number of alkyl carbamates (subject to hydrolysis) is 1. The first-order valence-corrected chi connectivity index (χ1v) is 6.16. The van der Waals surface area contributed by atoms with E-state index in [2.05, 4.69) is 20.6 Å². The number of nitrogens with zero attached hydrogens (tertiary/aromatic N) is 1. The van der Waals surface area contributed by atoms with Gasteiger partial charge in [0.25, 0.3) is 5.56 Å². The van der Waals surface area contributed by atoms with Gasteiger partial charge in [-0.1, -0.05) is 0 Å². The fourth-order valence-electron chi connectivity index (χ4n) is 1.36. The van der Waals surface area contributed by atoms with Crippen molar-refractivity contribution in [1.29, 1.82) is 0 Å². The van der Waals surface area contributed by atoms with Crippen LogP contribution in [0.5, 0.6) is 5.75 Å². The molecule has 0 atom stereocenters. The number of H-pyrrole nitrogens is 1. The van der Waals surface area contributed by atoms with Crippen LogP contribution in [-0.4, -0.2) is 41.9 Å². The monoisotopic (exact) mass is 284 g/mol. The molecule has 0 aromatic carbocycles. The standard InChI is InChI=1S/C12H20N4O4/c1-12(2,3)20-11(18)14-6-5-13-9-8(19-4)10(17)16-7-15-9/h7H,5-6H2,1-4H3,(H,14,18)(H2,13,15,16,17). The van der Waals surface area contributed by atoms with Crippen LogP contribution in [0, 0.1) is 0 Å². The second-order valence-electron chi connectivity index (χ2n) is 4.97. The molecule has 1 aromatic rings. The molecule has 1 amide bonds. The molecule has 0 saturated carbocycles. The summed E-state index contributed by atoms with van der Waals surface area (Å²) >= 11 is 0. The number of methoxy groups -OCH3 is 1. The molecule has 3 N–H and O–H groups in total. The Morgan fingerprint density at radius 3 is 2.70 bits per heavy atom. The number of amides is 1. The van der Waals surface area contributed by atoms with Crippen LogP contribution in [-0.2, 0) is 4.74 Å². The molecule has 0 aliphatic carbocycles. The van der Waals surface area contributed by atoms with Crippen molar-refractivity contribution in [2.24, 2.45) is 0 Å². The predicted octanol–water partition coefficient (Wildman–Crippen LogP) is 0.715. The highest BCUT2D eigenvalue weighted by Crippen LogP contribution is 2.13. The van der Waals surface area contributed by atoms with Gasteiger partial charge in [0.2, 0.25) is 5.75 Å². The Hall–Kier alpha value is -2.25. The number of hydrogen-bond donors (Lipinski definition) is 3. The van der Waals surface area contributed by atoms with E-state index < -0.39 is 11.7 Å². The van der Waals surface area contributed by atoms with Crippen LogP contribution in [0.3, 0.4) is 0 Å². The van der Waals surface area contributed by atoms with Gasteiger partial charge in [-0.05, 0) is 20.8 Å². The van der Waals surface area contributed by atoms with E-state index in [9.17, 15) is 9.59 Å². The van der Waals surface area contributed by atoms with Gasteiger partial charge in [-0.15, -0.1) is 0 Å². The Bertz CT molecular complexity index is 507. The number of anilines is 1.